The Morgan fingerprint density at radius 2 is 1.56 bits per heavy atom. The van der Waals surface area contributed by atoms with Crippen molar-refractivity contribution in [2.75, 3.05) is 14.2 Å². The van der Waals surface area contributed by atoms with E-state index in [0.717, 1.165) is 16.6 Å². The molecule has 6 heteroatoms. The minimum Gasteiger partial charge on any atom is -0.496 e. The first-order chi connectivity index (χ1) is 13.0. The number of nitrogens with one attached hydrogen (secondary N) is 1. The number of fused-ring (bicyclic) bond motifs is 1. The Balaban J connectivity index is 1.89. The fourth-order valence-electron chi connectivity index (χ4n) is 3.12. The van der Waals surface area contributed by atoms with E-state index < -0.39 is 12.1 Å². The van der Waals surface area contributed by atoms with E-state index in [1.165, 1.54) is 14.2 Å². The lowest BCUT2D eigenvalue weighted by atomic mass is 10.0. The van der Waals surface area contributed by atoms with E-state index in [-0.39, 0.29) is 11.3 Å². The maximum Gasteiger partial charge on any atom is 0.346 e. The fraction of sp³-hybridized carbons (Fsp3) is 0.238. The smallest absolute Gasteiger partial charge is 0.346 e. The van der Waals surface area contributed by atoms with Crippen LogP contribution < -0.4 is 9.47 Å². The van der Waals surface area contributed by atoms with Crippen LogP contribution in [0.1, 0.15) is 33.3 Å². The van der Waals surface area contributed by atoms with Crippen LogP contribution in [0.2, 0.25) is 0 Å². The Hall–Kier alpha value is -3.28. The van der Waals surface area contributed by atoms with Crippen LogP contribution in [0.5, 0.6) is 11.5 Å². The van der Waals surface area contributed by atoms with E-state index in [1.807, 2.05) is 31.2 Å². The molecule has 0 fully saturated rings. The number of carbonyl (C=O) groups is 2. The number of methoxy groups -OCH3 is 2. The van der Waals surface area contributed by atoms with Gasteiger partial charge < -0.3 is 19.2 Å². The molecule has 0 saturated heterocycles. The van der Waals surface area contributed by atoms with Gasteiger partial charge in [0, 0.05) is 22.2 Å². The Morgan fingerprint density at radius 1 is 0.926 bits per heavy atom. The monoisotopic (exact) mass is 367 g/mol. The molecule has 0 bridgehead atoms. The van der Waals surface area contributed by atoms with Crippen molar-refractivity contribution in [2.45, 2.75) is 20.0 Å². The number of hydrogen-bond acceptors (Lipinski definition) is 5. The number of ether oxygens (including phenoxy) is 3. The third kappa shape index (κ3) is 3.38. The Morgan fingerprint density at radius 3 is 2.19 bits per heavy atom. The van der Waals surface area contributed by atoms with Crippen LogP contribution in [0.4, 0.5) is 0 Å². The van der Waals surface area contributed by atoms with Gasteiger partial charge in [0.1, 0.15) is 17.1 Å². The van der Waals surface area contributed by atoms with Crippen LogP contribution in [0.15, 0.2) is 42.5 Å². The summed E-state index contributed by atoms with van der Waals surface area (Å²) < 4.78 is 15.9. The first-order valence-corrected chi connectivity index (χ1v) is 8.51. The Labute approximate surface area is 157 Å². The molecule has 3 rings (SSSR count). The van der Waals surface area contributed by atoms with Crippen LogP contribution in [-0.2, 0) is 4.74 Å². The molecule has 0 radical (unpaired) electrons. The summed E-state index contributed by atoms with van der Waals surface area (Å²) in [6, 6.07) is 12.5. The summed E-state index contributed by atoms with van der Waals surface area (Å²) in [6.45, 7) is 3.38. The van der Waals surface area contributed by atoms with Crippen LogP contribution in [0.25, 0.3) is 10.9 Å². The molecule has 1 aromatic heterocycles. The predicted molar refractivity (Wildman–Crippen MR) is 102 cm³/mol. The zero-order valence-corrected chi connectivity index (χ0v) is 15.7. The van der Waals surface area contributed by atoms with Gasteiger partial charge in [-0.05, 0) is 32.0 Å². The number of aryl methyl sites for hydroxylation is 1. The Kier molecular flexibility index (Phi) is 5.16. The number of benzene rings is 2. The van der Waals surface area contributed by atoms with Gasteiger partial charge >= 0.3 is 5.97 Å². The standard InChI is InChI=1S/C21H21NO5/c1-12-18(14-8-5-6-9-15(14)22-12)20(23)13(2)27-21(24)19-16(25-3)10-7-11-17(19)26-4/h5-11,13,22H,1-4H3. The van der Waals surface area contributed by atoms with Gasteiger partial charge in [0.25, 0.3) is 0 Å². The number of H-pyrrole nitrogens is 1. The minimum absolute atomic E-state index is 0.151. The number of aromatic amines is 1. The van der Waals surface area contributed by atoms with Crippen molar-refractivity contribution in [3.8, 4) is 11.5 Å². The molecule has 1 atom stereocenters. The van der Waals surface area contributed by atoms with Gasteiger partial charge in [0.2, 0.25) is 5.78 Å². The lowest BCUT2D eigenvalue weighted by Gasteiger charge is -2.16. The average molecular weight is 367 g/mol. The number of carbonyl (C=O) groups excluding carboxylic acids is 2. The van der Waals surface area contributed by atoms with Gasteiger partial charge in [0.15, 0.2) is 6.10 Å². The zero-order valence-electron chi connectivity index (χ0n) is 15.7. The number of ketones is 1. The molecular formula is C21H21NO5. The molecule has 0 amide bonds. The molecule has 0 aliphatic heterocycles. The molecule has 1 unspecified atom stereocenters. The number of rotatable bonds is 6. The van der Waals surface area contributed by atoms with E-state index in [2.05, 4.69) is 4.98 Å². The maximum atomic E-state index is 13.0. The van der Waals surface area contributed by atoms with Crippen molar-refractivity contribution in [1.29, 1.82) is 0 Å². The number of Topliss-reactive ketones (excluding diaryl/α,β-unsaturated/α-hetero) is 1. The molecule has 3 aromatic rings. The van der Waals surface area contributed by atoms with Crippen molar-refractivity contribution in [3.63, 3.8) is 0 Å². The van der Waals surface area contributed by atoms with Crippen molar-refractivity contribution < 1.29 is 23.8 Å². The summed E-state index contributed by atoms with van der Waals surface area (Å²) in [5.74, 6) is -0.306. The molecule has 0 aliphatic carbocycles. The first-order valence-electron chi connectivity index (χ1n) is 8.51. The van der Waals surface area contributed by atoms with Gasteiger partial charge in [-0.25, -0.2) is 4.79 Å². The quantitative estimate of drug-likeness (QED) is 0.528. The second kappa shape index (κ2) is 7.53. The molecule has 0 aliphatic rings. The normalized spacial score (nSPS) is 11.9. The van der Waals surface area contributed by atoms with Crippen LogP contribution in [-0.4, -0.2) is 37.1 Å². The second-order valence-corrected chi connectivity index (χ2v) is 6.12. The topological polar surface area (TPSA) is 77.6 Å². The van der Waals surface area contributed by atoms with Crippen molar-refractivity contribution in [3.05, 3.63) is 59.3 Å². The summed E-state index contributed by atoms with van der Waals surface area (Å²) in [4.78, 5) is 28.8. The summed E-state index contributed by atoms with van der Waals surface area (Å²) in [6.07, 6.45) is -0.968. The summed E-state index contributed by atoms with van der Waals surface area (Å²) in [7, 11) is 2.91. The third-order valence-electron chi connectivity index (χ3n) is 4.42. The number of hydrogen-bond donors (Lipinski definition) is 1. The Bertz CT molecular complexity index is 983. The molecular weight excluding hydrogens is 346 g/mol. The summed E-state index contributed by atoms with van der Waals surface area (Å²) in [5, 5.41) is 0.803. The summed E-state index contributed by atoms with van der Waals surface area (Å²) in [5.41, 5.74) is 2.28. The van der Waals surface area contributed by atoms with E-state index in [9.17, 15) is 9.59 Å². The zero-order chi connectivity index (χ0) is 19.6. The van der Waals surface area contributed by atoms with Crippen LogP contribution >= 0.6 is 0 Å². The number of esters is 1. The largest absolute Gasteiger partial charge is 0.496 e. The van der Waals surface area contributed by atoms with Crippen molar-refractivity contribution in [1.82, 2.24) is 4.98 Å². The predicted octanol–water partition coefficient (Wildman–Crippen LogP) is 3.92. The second-order valence-electron chi connectivity index (χ2n) is 6.12. The molecule has 0 saturated carbocycles. The van der Waals surface area contributed by atoms with Crippen molar-refractivity contribution >= 4 is 22.7 Å². The molecule has 1 heterocycles. The highest BCUT2D eigenvalue weighted by Crippen LogP contribution is 2.30. The van der Waals surface area contributed by atoms with Gasteiger partial charge in [-0.3, -0.25) is 4.79 Å². The lowest BCUT2D eigenvalue weighted by molar-refractivity contribution is 0.0313. The van der Waals surface area contributed by atoms with Crippen LogP contribution in [0.3, 0.4) is 0 Å². The third-order valence-corrected chi connectivity index (χ3v) is 4.42. The van der Waals surface area contributed by atoms with E-state index in [0.29, 0.717) is 17.1 Å². The molecule has 1 N–H and O–H groups in total. The molecule has 140 valence electrons. The van der Waals surface area contributed by atoms with Crippen LogP contribution in [0, 0.1) is 6.92 Å². The molecule has 0 spiro atoms. The highest BCUT2D eigenvalue weighted by Gasteiger charge is 2.27. The maximum absolute atomic E-state index is 13.0. The van der Waals surface area contributed by atoms with E-state index in [1.54, 1.807) is 25.1 Å². The van der Waals surface area contributed by atoms with Gasteiger partial charge in [-0.2, -0.15) is 0 Å². The molecule has 6 nitrogen and oxygen atoms in total. The molecule has 27 heavy (non-hydrogen) atoms. The van der Waals surface area contributed by atoms with Gasteiger partial charge in [-0.1, -0.05) is 24.3 Å². The number of aromatic nitrogens is 1. The van der Waals surface area contributed by atoms with Gasteiger partial charge in [-0.15, -0.1) is 0 Å². The van der Waals surface area contributed by atoms with E-state index >= 15 is 0 Å². The van der Waals surface area contributed by atoms with Gasteiger partial charge in [0.05, 0.1) is 14.2 Å². The highest BCUT2D eigenvalue weighted by atomic mass is 16.6. The fourth-order valence-corrected chi connectivity index (χ4v) is 3.12. The molecule has 2 aromatic carbocycles. The SMILES string of the molecule is COc1cccc(OC)c1C(=O)OC(C)C(=O)c1c(C)[nH]c2ccccc12. The van der Waals surface area contributed by atoms with Crippen molar-refractivity contribution in [2.24, 2.45) is 0 Å². The van der Waals surface area contributed by atoms with E-state index in [4.69, 9.17) is 14.2 Å². The first kappa shape index (κ1) is 18.5. The minimum atomic E-state index is -0.968. The lowest BCUT2D eigenvalue weighted by Crippen LogP contribution is -2.25. The summed E-state index contributed by atoms with van der Waals surface area (Å²) >= 11 is 0. The highest BCUT2D eigenvalue weighted by molar-refractivity contribution is 6.12. The number of para-hydroxylation sites is 1. The average Bonchev–Trinajstić information content (AvgIpc) is 3.01.